The summed E-state index contributed by atoms with van der Waals surface area (Å²) >= 11 is 0. The lowest BCUT2D eigenvalue weighted by Gasteiger charge is -2.10. The molecule has 4 nitrogen and oxygen atoms in total. The van der Waals surface area contributed by atoms with Crippen LogP contribution in [-0.2, 0) is 4.79 Å². The van der Waals surface area contributed by atoms with E-state index >= 15 is 0 Å². The molecule has 0 heterocycles. The van der Waals surface area contributed by atoms with Gasteiger partial charge in [0.15, 0.2) is 0 Å². The highest BCUT2D eigenvalue weighted by molar-refractivity contribution is 6.05. The lowest BCUT2D eigenvalue weighted by molar-refractivity contribution is -0.117. The van der Waals surface area contributed by atoms with Gasteiger partial charge in [-0.05, 0) is 55.2 Å². The van der Waals surface area contributed by atoms with Gasteiger partial charge in [0, 0.05) is 22.9 Å². The Morgan fingerprint density at radius 1 is 1.12 bits per heavy atom. The molecule has 1 aliphatic rings. The maximum atomic E-state index is 13.3. The molecule has 1 aliphatic carbocycles. The molecule has 24 heavy (non-hydrogen) atoms. The van der Waals surface area contributed by atoms with Gasteiger partial charge in [-0.15, -0.1) is 0 Å². The van der Waals surface area contributed by atoms with Crippen LogP contribution in [0.4, 0.5) is 15.8 Å². The fourth-order valence-electron chi connectivity index (χ4n) is 2.58. The number of hydrogen-bond donors (Lipinski definition) is 2. The van der Waals surface area contributed by atoms with Gasteiger partial charge in [-0.25, -0.2) is 4.39 Å². The van der Waals surface area contributed by atoms with E-state index in [0.29, 0.717) is 22.9 Å². The van der Waals surface area contributed by atoms with E-state index in [1.54, 1.807) is 37.3 Å². The molecule has 2 amide bonds. The van der Waals surface area contributed by atoms with Crippen LogP contribution in [0.1, 0.15) is 29.3 Å². The molecular formula is C19H19FN2O2. The van der Waals surface area contributed by atoms with Gasteiger partial charge in [0.25, 0.3) is 5.91 Å². The average molecular weight is 326 g/mol. The van der Waals surface area contributed by atoms with Crippen molar-refractivity contribution in [3.63, 3.8) is 0 Å². The van der Waals surface area contributed by atoms with Crippen molar-refractivity contribution in [2.24, 2.45) is 11.8 Å². The predicted octanol–water partition coefficient (Wildman–Crippen LogP) is 3.98. The van der Waals surface area contributed by atoms with Gasteiger partial charge in [0.2, 0.25) is 5.91 Å². The molecule has 3 rings (SSSR count). The van der Waals surface area contributed by atoms with Crippen molar-refractivity contribution in [3.8, 4) is 0 Å². The standard InChI is InChI=1S/C19H19FN2O2/c1-11-6-7-14(20)10-17(11)22-18(23)13-4-3-5-15(9-13)21-19(24)16-8-12(16)2/h3-7,9-10,12,16H,8H2,1-2H3,(H,21,24)(H,22,23). The topological polar surface area (TPSA) is 58.2 Å². The molecule has 2 aromatic rings. The van der Waals surface area contributed by atoms with Crippen molar-refractivity contribution in [3.05, 3.63) is 59.4 Å². The minimum atomic E-state index is -0.407. The molecule has 0 radical (unpaired) electrons. The first-order chi connectivity index (χ1) is 11.4. The van der Waals surface area contributed by atoms with Gasteiger partial charge in [-0.3, -0.25) is 9.59 Å². The summed E-state index contributed by atoms with van der Waals surface area (Å²) in [5.41, 5.74) is 2.20. The van der Waals surface area contributed by atoms with Gasteiger partial charge in [-0.1, -0.05) is 19.1 Å². The Bertz CT molecular complexity index is 804. The number of anilines is 2. The lowest BCUT2D eigenvalue weighted by atomic mass is 10.1. The van der Waals surface area contributed by atoms with Gasteiger partial charge >= 0.3 is 0 Å². The van der Waals surface area contributed by atoms with Crippen molar-refractivity contribution in [2.75, 3.05) is 10.6 Å². The van der Waals surface area contributed by atoms with Crippen LogP contribution in [-0.4, -0.2) is 11.8 Å². The largest absolute Gasteiger partial charge is 0.326 e. The number of nitrogens with one attached hydrogen (secondary N) is 2. The molecule has 2 unspecified atom stereocenters. The normalized spacial score (nSPS) is 18.8. The van der Waals surface area contributed by atoms with E-state index in [9.17, 15) is 14.0 Å². The second kappa shape index (κ2) is 6.43. The van der Waals surface area contributed by atoms with E-state index in [-0.39, 0.29) is 17.7 Å². The third kappa shape index (κ3) is 3.62. The first kappa shape index (κ1) is 16.2. The van der Waals surface area contributed by atoms with Crippen molar-refractivity contribution in [2.45, 2.75) is 20.3 Å². The molecule has 1 fully saturated rings. The van der Waals surface area contributed by atoms with Crippen LogP contribution in [0.2, 0.25) is 0 Å². The Morgan fingerprint density at radius 3 is 2.58 bits per heavy atom. The number of amides is 2. The molecule has 2 aromatic carbocycles. The van der Waals surface area contributed by atoms with Crippen molar-refractivity contribution in [1.82, 2.24) is 0 Å². The van der Waals surface area contributed by atoms with Crippen LogP contribution in [0, 0.1) is 24.6 Å². The number of aryl methyl sites for hydroxylation is 1. The number of benzene rings is 2. The average Bonchev–Trinajstić information content (AvgIpc) is 3.28. The smallest absolute Gasteiger partial charge is 0.255 e. The Labute approximate surface area is 140 Å². The molecule has 0 spiro atoms. The minimum Gasteiger partial charge on any atom is -0.326 e. The van der Waals surface area contributed by atoms with Crippen molar-refractivity contribution in [1.29, 1.82) is 0 Å². The van der Waals surface area contributed by atoms with Crippen LogP contribution in [0.3, 0.4) is 0 Å². The molecule has 0 bridgehead atoms. The second-order valence-corrected chi connectivity index (χ2v) is 6.30. The van der Waals surface area contributed by atoms with Crippen LogP contribution < -0.4 is 10.6 Å². The Morgan fingerprint density at radius 2 is 1.88 bits per heavy atom. The van der Waals surface area contributed by atoms with Crippen LogP contribution in [0.5, 0.6) is 0 Å². The first-order valence-electron chi connectivity index (χ1n) is 7.92. The number of carbonyl (C=O) groups is 2. The monoisotopic (exact) mass is 326 g/mol. The summed E-state index contributed by atoms with van der Waals surface area (Å²) in [6.45, 7) is 3.83. The predicted molar refractivity (Wildman–Crippen MR) is 91.4 cm³/mol. The summed E-state index contributed by atoms with van der Waals surface area (Å²) in [6, 6.07) is 11.0. The minimum absolute atomic E-state index is 0.0129. The van der Waals surface area contributed by atoms with Gasteiger partial charge < -0.3 is 10.6 Å². The Balaban J connectivity index is 1.72. The maximum Gasteiger partial charge on any atom is 0.255 e. The molecule has 2 N–H and O–H groups in total. The summed E-state index contributed by atoms with van der Waals surface area (Å²) in [5.74, 6) is -0.277. The zero-order valence-electron chi connectivity index (χ0n) is 13.6. The Hall–Kier alpha value is -2.69. The Kier molecular flexibility index (Phi) is 4.34. The molecular weight excluding hydrogens is 307 g/mol. The summed E-state index contributed by atoms with van der Waals surface area (Å²) in [6.07, 6.45) is 0.908. The summed E-state index contributed by atoms with van der Waals surface area (Å²) in [7, 11) is 0. The quantitative estimate of drug-likeness (QED) is 0.893. The highest BCUT2D eigenvalue weighted by atomic mass is 19.1. The fraction of sp³-hybridized carbons (Fsp3) is 0.263. The highest BCUT2D eigenvalue weighted by Gasteiger charge is 2.39. The molecule has 5 heteroatoms. The highest BCUT2D eigenvalue weighted by Crippen LogP contribution is 2.38. The third-order valence-corrected chi connectivity index (χ3v) is 4.29. The summed E-state index contributed by atoms with van der Waals surface area (Å²) in [5, 5.41) is 5.53. The van der Waals surface area contributed by atoms with Gasteiger partial charge in [0.1, 0.15) is 5.82 Å². The summed E-state index contributed by atoms with van der Waals surface area (Å²) in [4.78, 5) is 24.4. The van der Waals surface area contributed by atoms with E-state index in [2.05, 4.69) is 10.6 Å². The van der Waals surface area contributed by atoms with E-state index < -0.39 is 5.82 Å². The molecule has 1 saturated carbocycles. The molecule has 124 valence electrons. The fourth-order valence-corrected chi connectivity index (χ4v) is 2.58. The zero-order chi connectivity index (χ0) is 17.3. The van der Waals surface area contributed by atoms with E-state index in [4.69, 9.17) is 0 Å². The summed E-state index contributed by atoms with van der Waals surface area (Å²) < 4.78 is 13.3. The van der Waals surface area contributed by atoms with Crippen LogP contribution >= 0.6 is 0 Å². The van der Waals surface area contributed by atoms with E-state index in [1.807, 2.05) is 6.92 Å². The van der Waals surface area contributed by atoms with Gasteiger partial charge in [0.05, 0.1) is 0 Å². The number of rotatable bonds is 4. The van der Waals surface area contributed by atoms with Crippen LogP contribution in [0.15, 0.2) is 42.5 Å². The number of carbonyl (C=O) groups excluding carboxylic acids is 2. The first-order valence-corrected chi connectivity index (χ1v) is 7.92. The molecule has 0 aromatic heterocycles. The van der Waals surface area contributed by atoms with Crippen molar-refractivity contribution >= 4 is 23.2 Å². The molecule has 0 saturated heterocycles. The zero-order valence-corrected chi connectivity index (χ0v) is 13.6. The van der Waals surface area contributed by atoms with Crippen LogP contribution in [0.25, 0.3) is 0 Å². The molecule has 0 aliphatic heterocycles. The van der Waals surface area contributed by atoms with E-state index in [0.717, 1.165) is 12.0 Å². The molecule has 2 atom stereocenters. The number of halogens is 1. The second-order valence-electron chi connectivity index (χ2n) is 6.30. The maximum absolute atomic E-state index is 13.3. The lowest BCUT2D eigenvalue weighted by Crippen LogP contribution is -2.16. The van der Waals surface area contributed by atoms with E-state index in [1.165, 1.54) is 12.1 Å². The third-order valence-electron chi connectivity index (χ3n) is 4.29. The van der Waals surface area contributed by atoms with Gasteiger partial charge in [-0.2, -0.15) is 0 Å². The van der Waals surface area contributed by atoms with Crippen molar-refractivity contribution < 1.29 is 14.0 Å². The number of hydrogen-bond acceptors (Lipinski definition) is 2. The SMILES string of the molecule is Cc1ccc(F)cc1NC(=O)c1cccc(NC(=O)C2CC2C)c1.